The number of rotatable bonds is 0. The molecule has 1 heterocycles. The first-order valence-corrected chi connectivity index (χ1v) is 5.28. The largest absolute Gasteiger partial charge is 0.341 e. The van der Waals surface area contributed by atoms with E-state index in [0.29, 0.717) is 11.1 Å². The molecule has 1 aliphatic heterocycles. The minimum atomic E-state index is -0.629. The highest BCUT2D eigenvalue weighted by atomic mass is 16.2. The molecule has 0 saturated heterocycles. The molecule has 18 heavy (non-hydrogen) atoms. The van der Waals surface area contributed by atoms with Crippen molar-refractivity contribution in [1.82, 2.24) is 10.2 Å². The van der Waals surface area contributed by atoms with Crippen molar-refractivity contribution in [1.29, 1.82) is 0 Å². The van der Waals surface area contributed by atoms with Gasteiger partial charge in [-0.25, -0.2) is 4.79 Å². The summed E-state index contributed by atoms with van der Waals surface area (Å²) in [7, 11) is 2.78. The molecule has 0 spiro atoms. The van der Waals surface area contributed by atoms with Gasteiger partial charge in [-0.1, -0.05) is 18.2 Å². The Morgan fingerprint density at radius 1 is 1.17 bits per heavy atom. The van der Waals surface area contributed by atoms with Crippen LogP contribution in [0.15, 0.2) is 29.3 Å². The number of nitrogens with one attached hydrogen (secondary N) is 1. The lowest BCUT2D eigenvalue weighted by Gasteiger charge is -2.23. The van der Waals surface area contributed by atoms with Gasteiger partial charge < -0.3 is 5.32 Å². The lowest BCUT2D eigenvalue weighted by Crippen LogP contribution is -2.44. The number of likely N-dealkylation sites (N-methyl/N-ethyl adjacent to an activating group) is 1. The Labute approximate surface area is 103 Å². The number of amides is 4. The molecule has 92 valence electrons. The summed E-state index contributed by atoms with van der Waals surface area (Å²) in [6.07, 6.45) is 0. The van der Waals surface area contributed by atoms with Crippen molar-refractivity contribution in [3.05, 3.63) is 35.4 Å². The van der Waals surface area contributed by atoms with Crippen LogP contribution >= 0.6 is 0 Å². The van der Waals surface area contributed by atoms with Crippen molar-refractivity contribution in [2.75, 3.05) is 14.1 Å². The molecule has 1 aromatic rings. The van der Waals surface area contributed by atoms with Crippen LogP contribution in [0.1, 0.15) is 15.9 Å². The number of hydrogen-bond acceptors (Lipinski definition) is 3. The second-order valence-electron chi connectivity index (χ2n) is 3.73. The number of nitrogens with zero attached hydrogens (tertiary/aromatic N) is 2. The Morgan fingerprint density at radius 2 is 1.78 bits per heavy atom. The summed E-state index contributed by atoms with van der Waals surface area (Å²) in [5.74, 6) is -0.978. The van der Waals surface area contributed by atoms with E-state index in [1.54, 1.807) is 24.3 Å². The van der Waals surface area contributed by atoms with Crippen LogP contribution in [0.2, 0.25) is 0 Å². The van der Waals surface area contributed by atoms with E-state index >= 15 is 0 Å². The normalized spacial score (nSPS) is 16.8. The van der Waals surface area contributed by atoms with Gasteiger partial charge in [-0.2, -0.15) is 4.99 Å². The summed E-state index contributed by atoms with van der Waals surface area (Å²) in [5.41, 5.74) is 0.725. The number of carbonyl (C=O) groups is 3. The highest BCUT2D eigenvalue weighted by molar-refractivity contribution is 6.52. The zero-order valence-corrected chi connectivity index (χ0v) is 9.93. The molecule has 0 bridgehead atoms. The number of imide groups is 1. The first-order chi connectivity index (χ1) is 8.56. The molecule has 0 unspecified atom stereocenters. The van der Waals surface area contributed by atoms with Gasteiger partial charge >= 0.3 is 6.03 Å². The summed E-state index contributed by atoms with van der Waals surface area (Å²) in [4.78, 5) is 39.7. The van der Waals surface area contributed by atoms with E-state index in [1.165, 1.54) is 14.1 Å². The molecule has 4 amide bonds. The van der Waals surface area contributed by atoms with E-state index in [4.69, 9.17) is 0 Å². The van der Waals surface area contributed by atoms with E-state index in [-0.39, 0.29) is 5.71 Å². The Balaban J connectivity index is 2.63. The Morgan fingerprint density at radius 3 is 2.39 bits per heavy atom. The van der Waals surface area contributed by atoms with Gasteiger partial charge in [0.05, 0.1) is 0 Å². The number of carbonyl (C=O) groups excluding carboxylic acids is 3. The Bertz CT molecular complexity index is 578. The van der Waals surface area contributed by atoms with Crippen molar-refractivity contribution in [2.24, 2.45) is 4.99 Å². The van der Waals surface area contributed by atoms with Crippen molar-refractivity contribution < 1.29 is 14.4 Å². The molecule has 0 radical (unpaired) electrons. The van der Waals surface area contributed by atoms with Crippen LogP contribution in [-0.2, 0) is 4.79 Å². The lowest BCUT2D eigenvalue weighted by atomic mass is 9.97. The molecule has 0 atom stereocenters. The number of aliphatic imine (C=N–C) groups is 1. The molecule has 0 aliphatic carbocycles. The highest BCUT2D eigenvalue weighted by Gasteiger charge is 2.33. The smallest absolute Gasteiger partial charge is 0.339 e. The van der Waals surface area contributed by atoms with Crippen molar-refractivity contribution in [3.8, 4) is 0 Å². The molecule has 1 N–H and O–H groups in total. The minimum Gasteiger partial charge on any atom is -0.339 e. The van der Waals surface area contributed by atoms with Gasteiger partial charge in [-0.3, -0.25) is 14.5 Å². The Kier molecular flexibility index (Phi) is 2.93. The first-order valence-electron chi connectivity index (χ1n) is 5.28. The number of urea groups is 1. The fourth-order valence-electron chi connectivity index (χ4n) is 1.69. The zero-order valence-electron chi connectivity index (χ0n) is 9.93. The molecule has 2 rings (SSSR count). The average molecular weight is 245 g/mol. The van der Waals surface area contributed by atoms with Crippen molar-refractivity contribution in [3.63, 3.8) is 0 Å². The molecule has 0 aromatic heterocycles. The quantitative estimate of drug-likeness (QED) is 0.673. The monoisotopic (exact) mass is 245 g/mol. The molecule has 6 nitrogen and oxygen atoms in total. The van der Waals surface area contributed by atoms with Crippen LogP contribution < -0.4 is 5.32 Å². The third-order valence-electron chi connectivity index (χ3n) is 2.65. The summed E-state index contributed by atoms with van der Waals surface area (Å²) >= 11 is 0. The molecule has 1 aromatic carbocycles. The maximum atomic E-state index is 11.9. The van der Waals surface area contributed by atoms with Gasteiger partial charge in [0.25, 0.3) is 11.8 Å². The molecule has 1 aliphatic rings. The fraction of sp³-hybridized carbons (Fsp3) is 0.167. The predicted molar refractivity (Wildman–Crippen MR) is 64.5 cm³/mol. The Hall–Kier alpha value is -2.50. The summed E-state index contributed by atoms with van der Waals surface area (Å²) in [5, 5.41) is 2.31. The predicted octanol–water partition coefficient (Wildman–Crippen LogP) is 0.427. The second-order valence-corrected chi connectivity index (χ2v) is 3.73. The zero-order chi connectivity index (χ0) is 13.3. The van der Waals surface area contributed by atoms with Crippen LogP contribution in [0.4, 0.5) is 4.79 Å². The van der Waals surface area contributed by atoms with Crippen LogP contribution in [-0.4, -0.2) is 42.6 Å². The van der Waals surface area contributed by atoms with Gasteiger partial charge in [0.15, 0.2) is 0 Å². The fourth-order valence-corrected chi connectivity index (χ4v) is 1.69. The van der Waals surface area contributed by atoms with E-state index in [1.807, 2.05) is 0 Å². The molecule has 6 heteroatoms. The summed E-state index contributed by atoms with van der Waals surface area (Å²) in [6, 6.07) is 5.94. The molecular weight excluding hydrogens is 234 g/mol. The molecule has 0 fully saturated rings. The third kappa shape index (κ3) is 1.77. The summed E-state index contributed by atoms with van der Waals surface area (Å²) < 4.78 is 0. The third-order valence-corrected chi connectivity index (χ3v) is 2.65. The lowest BCUT2D eigenvalue weighted by molar-refractivity contribution is -0.120. The number of fused-ring (bicyclic) bond motifs is 1. The SMILES string of the molecule is CNC(=O)/N=C1\C(=O)N(C)C(=O)c2ccccc21. The van der Waals surface area contributed by atoms with Crippen molar-refractivity contribution >= 4 is 23.6 Å². The maximum Gasteiger partial charge on any atom is 0.341 e. The van der Waals surface area contributed by atoms with E-state index in [0.717, 1.165) is 4.90 Å². The average Bonchev–Trinajstić information content (AvgIpc) is 2.40. The van der Waals surface area contributed by atoms with E-state index in [9.17, 15) is 14.4 Å². The van der Waals surface area contributed by atoms with Crippen LogP contribution in [0, 0.1) is 0 Å². The van der Waals surface area contributed by atoms with Gasteiger partial charge in [-0.15, -0.1) is 0 Å². The van der Waals surface area contributed by atoms with Gasteiger partial charge in [0, 0.05) is 25.2 Å². The number of benzene rings is 1. The van der Waals surface area contributed by atoms with Crippen LogP contribution in [0.3, 0.4) is 0 Å². The van der Waals surface area contributed by atoms with Gasteiger partial charge in [0.2, 0.25) is 0 Å². The van der Waals surface area contributed by atoms with Crippen LogP contribution in [0.25, 0.3) is 0 Å². The van der Waals surface area contributed by atoms with Gasteiger partial charge in [-0.05, 0) is 6.07 Å². The minimum absolute atomic E-state index is 0.0212. The van der Waals surface area contributed by atoms with E-state index in [2.05, 4.69) is 10.3 Å². The summed E-state index contributed by atoms with van der Waals surface area (Å²) in [6.45, 7) is 0. The second kappa shape index (κ2) is 4.40. The topological polar surface area (TPSA) is 78.8 Å². The van der Waals surface area contributed by atoms with Crippen molar-refractivity contribution in [2.45, 2.75) is 0 Å². The highest BCUT2D eigenvalue weighted by Crippen LogP contribution is 2.19. The molecular formula is C12H11N3O3. The first kappa shape index (κ1) is 12.0. The van der Waals surface area contributed by atoms with Crippen LogP contribution in [0.5, 0.6) is 0 Å². The van der Waals surface area contributed by atoms with Gasteiger partial charge in [0.1, 0.15) is 5.71 Å². The standard InChI is InChI=1S/C12H11N3O3/c1-13-12(18)14-9-7-5-3-4-6-8(7)10(16)15(2)11(9)17/h3-6H,1-2H3,(H,13,18)/b14-9-. The maximum absolute atomic E-state index is 11.9. The van der Waals surface area contributed by atoms with E-state index < -0.39 is 17.8 Å². The molecule has 0 saturated carbocycles. The number of hydrogen-bond donors (Lipinski definition) is 1.